The van der Waals surface area contributed by atoms with Crippen molar-refractivity contribution in [1.29, 1.82) is 0 Å². The topological polar surface area (TPSA) is 73.0 Å². The van der Waals surface area contributed by atoms with Crippen molar-refractivity contribution in [1.82, 2.24) is 14.8 Å². The molecule has 0 aliphatic rings. The van der Waals surface area contributed by atoms with Crippen LogP contribution in [0.5, 0.6) is 0 Å². The van der Waals surface area contributed by atoms with Crippen LogP contribution >= 0.6 is 11.8 Å². The number of nitrogens with one attached hydrogen (secondary N) is 1. The number of hydrogen-bond donors (Lipinski definition) is 1. The summed E-state index contributed by atoms with van der Waals surface area (Å²) < 4.78 is 7.38. The van der Waals surface area contributed by atoms with E-state index in [-0.39, 0.29) is 11.7 Å². The summed E-state index contributed by atoms with van der Waals surface area (Å²) in [6, 6.07) is 7.99. The fourth-order valence-electron chi connectivity index (χ4n) is 3.14. The maximum Gasteiger partial charge on any atom is 0.234 e. The van der Waals surface area contributed by atoms with E-state index in [1.165, 1.54) is 11.8 Å². The van der Waals surface area contributed by atoms with Gasteiger partial charge in [0.2, 0.25) is 5.91 Å². The number of anilines is 1. The molecule has 6 nitrogen and oxygen atoms in total. The summed E-state index contributed by atoms with van der Waals surface area (Å²) in [4.78, 5) is 12.6. The lowest BCUT2D eigenvalue weighted by molar-refractivity contribution is -0.113. The Hall–Kier alpha value is -2.54. The number of hydrogen-bond acceptors (Lipinski definition) is 5. The van der Waals surface area contributed by atoms with Crippen molar-refractivity contribution >= 4 is 23.4 Å². The molecule has 1 aromatic carbocycles. The van der Waals surface area contributed by atoms with Crippen molar-refractivity contribution in [3.8, 4) is 11.4 Å². The molecule has 2 aromatic heterocycles. The predicted octanol–water partition coefficient (Wildman–Crippen LogP) is 5.03. The zero-order chi connectivity index (χ0) is 20.3. The number of furan rings is 1. The van der Waals surface area contributed by atoms with Crippen molar-refractivity contribution in [2.24, 2.45) is 0 Å². The number of carbonyl (C=O) groups is 1. The zero-order valence-corrected chi connectivity index (χ0v) is 17.8. The van der Waals surface area contributed by atoms with Crippen LogP contribution in [0.15, 0.2) is 40.1 Å². The Morgan fingerprint density at radius 3 is 2.68 bits per heavy atom. The fourth-order valence-corrected chi connectivity index (χ4v) is 3.95. The highest BCUT2D eigenvalue weighted by Crippen LogP contribution is 2.29. The molecule has 148 valence electrons. The van der Waals surface area contributed by atoms with Crippen molar-refractivity contribution in [2.45, 2.75) is 52.2 Å². The standard InChI is InChI=1S/C21H26N4O2S/c1-6-25-20(17-10-11-27-15(17)5)23-24-21(25)28-12-18(26)22-19-14(4)8-7-9-16(19)13(2)3/h7-11,13H,6,12H2,1-5H3,(H,22,26). The van der Waals surface area contributed by atoms with Crippen LogP contribution in [-0.4, -0.2) is 26.4 Å². The number of thioether (sulfide) groups is 1. The van der Waals surface area contributed by atoms with Crippen molar-refractivity contribution in [2.75, 3.05) is 11.1 Å². The fraction of sp³-hybridized carbons (Fsp3) is 0.381. The van der Waals surface area contributed by atoms with E-state index < -0.39 is 0 Å². The second-order valence-corrected chi connectivity index (χ2v) is 7.91. The zero-order valence-electron chi connectivity index (χ0n) is 16.9. The number of aryl methyl sites for hydroxylation is 2. The average Bonchev–Trinajstić information content (AvgIpc) is 3.26. The van der Waals surface area contributed by atoms with E-state index in [0.717, 1.165) is 39.1 Å². The van der Waals surface area contributed by atoms with E-state index in [9.17, 15) is 4.79 Å². The largest absolute Gasteiger partial charge is 0.469 e. The van der Waals surface area contributed by atoms with Gasteiger partial charge in [0.05, 0.1) is 17.6 Å². The van der Waals surface area contributed by atoms with Crippen LogP contribution in [0, 0.1) is 13.8 Å². The Kier molecular flexibility index (Phi) is 6.24. The maximum absolute atomic E-state index is 12.6. The quantitative estimate of drug-likeness (QED) is 0.565. The Morgan fingerprint density at radius 1 is 1.25 bits per heavy atom. The highest BCUT2D eigenvalue weighted by Gasteiger charge is 2.18. The molecule has 0 aliphatic carbocycles. The van der Waals surface area contributed by atoms with Crippen LogP contribution < -0.4 is 5.32 Å². The molecule has 0 aliphatic heterocycles. The first-order chi connectivity index (χ1) is 13.4. The summed E-state index contributed by atoms with van der Waals surface area (Å²) in [5.74, 6) is 2.13. The predicted molar refractivity (Wildman–Crippen MR) is 113 cm³/mol. The van der Waals surface area contributed by atoms with Gasteiger partial charge in [-0.3, -0.25) is 4.79 Å². The summed E-state index contributed by atoms with van der Waals surface area (Å²) in [6.45, 7) is 10.9. The second-order valence-electron chi connectivity index (χ2n) is 6.97. The van der Waals surface area contributed by atoms with E-state index >= 15 is 0 Å². The van der Waals surface area contributed by atoms with Gasteiger partial charge >= 0.3 is 0 Å². The third kappa shape index (κ3) is 4.14. The average molecular weight is 399 g/mol. The lowest BCUT2D eigenvalue weighted by Crippen LogP contribution is -2.17. The molecule has 0 saturated heterocycles. The number of amides is 1. The van der Waals surface area contributed by atoms with Crippen molar-refractivity contribution in [3.05, 3.63) is 47.4 Å². The molecular formula is C21H26N4O2S. The lowest BCUT2D eigenvalue weighted by atomic mass is 9.98. The van der Waals surface area contributed by atoms with Gasteiger partial charge < -0.3 is 14.3 Å². The SMILES string of the molecule is CCn1c(SCC(=O)Nc2c(C)cccc2C(C)C)nnc1-c1ccoc1C. The third-order valence-electron chi connectivity index (χ3n) is 4.66. The van der Waals surface area contributed by atoms with E-state index in [1.54, 1.807) is 6.26 Å². The molecule has 1 amide bonds. The van der Waals surface area contributed by atoms with E-state index in [4.69, 9.17) is 4.42 Å². The Morgan fingerprint density at radius 2 is 2.04 bits per heavy atom. The van der Waals surface area contributed by atoms with Crippen molar-refractivity contribution < 1.29 is 9.21 Å². The van der Waals surface area contributed by atoms with Gasteiger partial charge in [0.15, 0.2) is 11.0 Å². The molecule has 0 saturated carbocycles. The molecule has 2 heterocycles. The minimum Gasteiger partial charge on any atom is -0.469 e. The Balaban J connectivity index is 1.73. The number of nitrogens with zero attached hydrogens (tertiary/aromatic N) is 3. The molecule has 3 rings (SSSR count). The minimum absolute atomic E-state index is 0.0482. The molecule has 0 bridgehead atoms. The van der Waals surface area contributed by atoms with Gasteiger partial charge in [0.1, 0.15) is 5.76 Å². The smallest absolute Gasteiger partial charge is 0.234 e. The first kappa shape index (κ1) is 20.2. The molecule has 0 fully saturated rings. The molecule has 7 heteroatoms. The van der Waals surface area contributed by atoms with E-state index in [2.05, 4.69) is 35.4 Å². The van der Waals surface area contributed by atoms with Crippen LogP contribution in [-0.2, 0) is 11.3 Å². The highest BCUT2D eigenvalue weighted by atomic mass is 32.2. The summed E-state index contributed by atoms with van der Waals surface area (Å²) >= 11 is 1.39. The van der Waals surface area contributed by atoms with Crippen LogP contribution in [0.4, 0.5) is 5.69 Å². The first-order valence-corrected chi connectivity index (χ1v) is 10.4. The van der Waals surface area contributed by atoms with Gasteiger partial charge in [0, 0.05) is 12.2 Å². The third-order valence-corrected chi connectivity index (χ3v) is 5.62. The maximum atomic E-state index is 12.6. The molecule has 0 spiro atoms. The molecule has 0 atom stereocenters. The summed E-state index contributed by atoms with van der Waals surface area (Å²) in [6.07, 6.45) is 1.65. The van der Waals surface area contributed by atoms with E-state index in [0.29, 0.717) is 12.5 Å². The normalized spacial score (nSPS) is 11.2. The lowest BCUT2D eigenvalue weighted by Gasteiger charge is -2.16. The van der Waals surface area contributed by atoms with Crippen LogP contribution in [0.2, 0.25) is 0 Å². The Bertz CT molecular complexity index is 975. The van der Waals surface area contributed by atoms with Crippen LogP contribution in [0.3, 0.4) is 0 Å². The molecule has 28 heavy (non-hydrogen) atoms. The van der Waals surface area contributed by atoms with Crippen LogP contribution in [0.1, 0.15) is 43.6 Å². The summed E-state index contributed by atoms with van der Waals surface area (Å²) in [5.41, 5.74) is 4.05. The molecule has 0 unspecified atom stereocenters. The van der Waals surface area contributed by atoms with Gasteiger partial charge in [-0.25, -0.2) is 0 Å². The summed E-state index contributed by atoms with van der Waals surface area (Å²) in [5, 5.41) is 12.4. The molecule has 1 N–H and O–H groups in total. The number of rotatable bonds is 7. The first-order valence-electron chi connectivity index (χ1n) is 9.42. The van der Waals surface area contributed by atoms with Gasteiger partial charge in [-0.2, -0.15) is 0 Å². The van der Waals surface area contributed by atoms with Gasteiger partial charge in [-0.05, 0) is 43.9 Å². The Labute approximate surface area is 169 Å². The summed E-state index contributed by atoms with van der Waals surface area (Å²) in [7, 11) is 0. The number of aromatic nitrogens is 3. The second kappa shape index (κ2) is 8.65. The van der Waals surface area contributed by atoms with E-state index in [1.807, 2.05) is 43.5 Å². The monoisotopic (exact) mass is 398 g/mol. The number of carbonyl (C=O) groups excluding carboxylic acids is 1. The van der Waals surface area contributed by atoms with Crippen molar-refractivity contribution in [3.63, 3.8) is 0 Å². The molecular weight excluding hydrogens is 372 g/mol. The molecule has 0 radical (unpaired) electrons. The van der Waals surface area contributed by atoms with Gasteiger partial charge in [-0.1, -0.05) is 43.8 Å². The van der Waals surface area contributed by atoms with Gasteiger partial charge in [-0.15, -0.1) is 10.2 Å². The highest BCUT2D eigenvalue weighted by molar-refractivity contribution is 7.99. The molecule has 3 aromatic rings. The van der Waals surface area contributed by atoms with Gasteiger partial charge in [0.25, 0.3) is 0 Å². The minimum atomic E-state index is -0.0482. The number of benzene rings is 1. The van der Waals surface area contributed by atoms with Crippen LogP contribution in [0.25, 0.3) is 11.4 Å². The number of para-hydroxylation sites is 1.